The van der Waals surface area contributed by atoms with E-state index in [9.17, 15) is 9.59 Å². The molecule has 3 rings (SSSR count). The molecule has 1 heterocycles. The summed E-state index contributed by atoms with van der Waals surface area (Å²) in [6.07, 6.45) is 5.03. The van der Waals surface area contributed by atoms with Crippen LogP contribution in [0.1, 0.15) is 24.8 Å². The van der Waals surface area contributed by atoms with Crippen LogP contribution < -0.4 is 0 Å². The highest BCUT2D eigenvalue weighted by atomic mass is 16.5. The SMILES string of the molecule is C=C[C@H]1CC(C(=O)OC)(C(=O)OC)CC[C@@]12C=Nc1ccccc12. The lowest BCUT2D eigenvalue weighted by Gasteiger charge is -2.45. The molecule has 126 valence electrons. The van der Waals surface area contributed by atoms with E-state index in [2.05, 4.69) is 17.6 Å². The quantitative estimate of drug-likeness (QED) is 0.486. The Morgan fingerprint density at radius 3 is 2.50 bits per heavy atom. The van der Waals surface area contributed by atoms with Gasteiger partial charge in [0.05, 0.1) is 19.9 Å². The molecule has 2 aliphatic rings. The number of benzene rings is 1. The summed E-state index contributed by atoms with van der Waals surface area (Å²) in [5, 5.41) is 0. The van der Waals surface area contributed by atoms with Gasteiger partial charge in [0.1, 0.15) is 0 Å². The lowest BCUT2D eigenvalue weighted by Crippen LogP contribution is -2.51. The standard InChI is InChI=1S/C19H21NO4/c1-4-13-11-18(16(21)23-2,17(22)24-3)9-10-19(13)12-20-15-8-6-5-7-14(15)19/h4-8,12-13H,1,9-11H2,2-3H3/t13-,19+/m0/s1. The van der Waals surface area contributed by atoms with E-state index in [-0.39, 0.29) is 11.3 Å². The van der Waals surface area contributed by atoms with Crippen molar-refractivity contribution in [2.75, 3.05) is 14.2 Å². The van der Waals surface area contributed by atoms with Crippen LogP contribution in [0.25, 0.3) is 0 Å². The number of fused-ring (bicyclic) bond motifs is 2. The van der Waals surface area contributed by atoms with E-state index in [1.807, 2.05) is 30.5 Å². The Balaban J connectivity index is 2.04. The summed E-state index contributed by atoms with van der Waals surface area (Å²) in [6.45, 7) is 3.95. The molecular weight excluding hydrogens is 306 g/mol. The summed E-state index contributed by atoms with van der Waals surface area (Å²) in [7, 11) is 2.60. The molecule has 0 unspecified atom stereocenters. The third-order valence-electron chi connectivity index (χ3n) is 5.47. The van der Waals surface area contributed by atoms with Crippen molar-refractivity contribution in [1.29, 1.82) is 0 Å². The molecule has 0 amide bonds. The molecule has 1 fully saturated rings. The van der Waals surface area contributed by atoms with Crippen LogP contribution in [0.3, 0.4) is 0 Å². The molecule has 2 atom stereocenters. The lowest BCUT2D eigenvalue weighted by atomic mass is 9.56. The maximum Gasteiger partial charge on any atom is 0.323 e. The molecule has 1 saturated carbocycles. The van der Waals surface area contributed by atoms with Crippen LogP contribution in [-0.4, -0.2) is 32.4 Å². The first-order valence-corrected chi connectivity index (χ1v) is 7.98. The van der Waals surface area contributed by atoms with Crippen molar-refractivity contribution in [3.05, 3.63) is 42.5 Å². The third-order valence-corrected chi connectivity index (χ3v) is 5.47. The molecule has 0 saturated heterocycles. The highest BCUT2D eigenvalue weighted by Crippen LogP contribution is 2.55. The van der Waals surface area contributed by atoms with E-state index in [1.54, 1.807) is 0 Å². The maximum absolute atomic E-state index is 12.4. The fourth-order valence-electron chi connectivity index (χ4n) is 4.13. The van der Waals surface area contributed by atoms with E-state index in [0.717, 1.165) is 11.3 Å². The van der Waals surface area contributed by atoms with Gasteiger partial charge < -0.3 is 9.47 Å². The maximum atomic E-state index is 12.4. The number of ether oxygens (including phenoxy) is 2. The van der Waals surface area contributed by atoms with Gasteiger partial charge in [-0.3, -0.25) is 14.6 Å². The molecule has 5 nitrogen and oxygen atoms in total. The summed E-state index contributed by atoms with van der Waals surface area (Å²) in [6, 6.07) is 7.97. The average Bonchev–Trinajstić information content (AvgIpc) is 3.00. The second kappa shape index (κ2) is 5.89. The van der Waals surface area contributed by atoms with Crippen molar-refractivity contribution in [2.24, 2.45) is 16.3 Å². The number of allylic oxidation sites excluding steroid dienone is 1. The summed E-state index contributed by atoms with van der Waals surface area (Å²) in [4.78, 5) is 29.4. The highest BCUT2D eigenvalue weighted by Gasteiger charge is 2.58. The molecule has 1 spiro atoms. The Labute approximate surface area is 141 Å². The molecule has 1 aromatic rings. The first-order chi connectivity index (χ1) is 11.5. The number of hydrogen-bond donors (Lipinski definition) is 0. The number of methoxy groups -OCH3 is 2. The Morgan fingerprint density at radius 1 is 1.21 bits per heavy atom. The Hall–Kier alpha value is -2.43. The number of esters is 2. The number of aliphatic imine (C=N–C) groups is 1. The van der Waals surface area contributed by atoms with Crippen LogP contribution in [0.5, 0.6) is 0 Å². The van der Waals surface area contributed by atoms with Crippen LogP contribution in [0, 0.1) is 11.3 Å². The first-order valence-electron chi connectivity index (χ1n) is 7.98. The zero-order valence-corrected chi connectivity index (χ0v) is 14.0. The molecule has 0 bridgehead atoms. The molecule has 1 aliphatic carbocycles. The van der Waals surface area contributed by atoms with Crippen LogP contribution in [0.4, 0.5) is 5.69 Å². The number of para-hydroxylation sites is 1. The van der Waals surface area contributed by atoms with Gasteiger partial charge in [-0.25, -0.2) is 0 Å². The van der Waals surface area contributed by atoms with E-state index in [0.29, 0.717) is 19.3 Å². The molecule has 5 heteroatoms. The third kappa shape index (κ3) is 2.11. The normalized spacial score (nSPS) is 26.7. The van der Waals surface area contributed by atoms with Crippen LogP contribution >= 0.6 is 0 Å². The minimum Gasteiger partial charge on any atom is -0.468 e. The van der Waals surface area contributed by atoms with Crippen molar-refractivity contribution in [1.82, 2.24) is 0 Å². The molecular formula is C19H21NO4. The largest absolute Gasteiger partial charge is 0.468 e. The topological polar surface area (TPSA) is 65.0 Å². The smallest absolute Gasteiger partial charge is 0.323 e. The summed E-state index contributed by atoms with van der Waals surface area (Å²) in [5.74, 6) is -1.20. The van der Waals surface area contributed by atoms with Gasteiger partial charge in [0.2, 0.25) is 0 Å². The van der Waals surface area contributed by atoms with Crippen molar-refractivity contribution < 1.29 is 19.1 Å². The second-order valence-corrected chi connectivity index (χ2v) is 6.43. The van der Waals surface area contributed by atoms with E-state index in [4.69, 9.17) is 9.47 Å². The van der Waals surface area contributed by atoms with Crippen molar-refractivity contribution in [3.8, 4) is 0 Å². The van der Waals surface area contributed by atoms with Gasteiger partial charge in [-0.2, -0.15) is 0 Å². The number of carbonyl (C=O) groups excluding carboxylic acids is 2. The Bertz CT molecular complexity index is 708. The van der Waals surface area contributed by atoms with Crippen LogP contribution in [0.15, 0.2) is 41.9 Å². The zero-order valence-electron chi connectivity index (χ0n) is 14.0. The summed E-state index contributed by atoms with van der Waals surface area (Å²) in [5.41, 5.74) is 0.453. The minimum absolute atomic E-state index is 0.114. The van der Waals surface area contributed by atoms with E-state index >= 15 is 0 Å². The highest BCUT2D eigenvalue weighted by molar-refractivity contribution is 6.01. The number of rotatable bonds is 3. The van der Waals surface area contributed by atoms with Crippen molar-refractivity contribution in [3.63, 3.8) is 0 Å². The van der Waals surface area contributed by atoms with Gasteiger partial charge >= 0.3 is 11.9 Å². The number of hydrogen-bond acceptors (Lipinski definition) is 5. The lowest BCUT2D eigenvalue weighted by molar-refractivity contribution is -0.173. The van der Waals surface area contributed by atoms with Gasteiger partial charge in [-0.15, -0.1) is 6.58 Å². The van der Waals surface area contributed by atoms with Crippen LogP contribution in [-0.2, 0) is 24.5 Å². The predicted molar refractivity (Wildman–Crippen MR) is 90.3 cm³/mol. The molecule has 24 heavy (non-hydrogen) atoms. The van der Waals surface area contributed by atoms with Gasteiger partial charge in [0.25, 0.3) is 0 Å². The minimum atomic E-state index is -1.28. The van der Waals surface area contributed by atoms with Crippen LogP contribution in [0.2, 0.25) is 0 Å². The van der Waals surface area contributed by atoms with Crippen molar-refractivity contribution >= 4 is 23.8 Å². The Morgan fingerprint density at radius 2 is 1.88 bits per heavy atom. The number of carbonyl (C=O) groups is 2. The number of nitrogens with zero attached hydrogens (tertiary/aromatic N) is 1. The summed E-state index contributed by atoms with van der Waals surface area (Å²) >= 11 is 0. The summed E-state index contributed by atoms with van der Waals surface area (Å²) < 4.78 is 9.84. The van der Waals surface area contributed by atoms with Gasteiger partial charge in [-0.1, -0.05) is 24.3 Å². The molecule has 0 radical (unpaired) electrons. The van der Waals surface area contributed by atoms with Gasteiger partial charge in [-0.05, 0) is 36.8 Å². The van der Waals surface area contributed by atoms with Crippen molar-refractivity contribution in [2.45, 2.75) is 24.7 Å². The monoisotopic (exact) mass is 327 g/mol. The fourth-order valence-corrected chi connectivity index (χ4v) is 4.13. The zero-order chi connectivity index (χ0) is 17.4. The second-order valence-electron chi connectivity index (χ2n) is 6.43. The Kier molecular flexibility index (Phi) is 4.03. The molecule has 1 aromatic carbocycles. The molecule has 0 aromatic heterocycles. The van der Waals surface area contributed by atoms with E-state index in [1.165, 1.54) is 14.2 Å². The van der Waals surface area contributed by atoms with Gasteiger partial charge in [0.15, 0.2) is 5.41 Å². The molecule has 0 N–H and O–H groups in total. The predicted octanol–water partition coefficient (Wildman–Crippen LogP) is 2.96. The molecule has 1 aliphatic heterocycles. The van der Waals surface area contributed by atoms with E-state index < -0.39 is 17.4 Å². The fraction of sp³-hybridized carbons (Fsp3) is 0.421. The average molecular weight is 327 g/mol. The first kappa shape index (κ1) is 16.4. The van der Waals surface area contributed by atoms with Gasteiger partial charge in [0, 0.05) is 11.6 Å².